The average Bonchev–Trinajstić information content (AvgIpc) is 3.18. The number of rotatable bonds is 10. The second kappa shape index (κ2) is 9.57. The van der Waals surface area contributed by atoms with Gasteiger partial charge in [0.1, 0.15) is 0 Å². The highest BCUT2D eigenvalue weighted by molar-refractivity contribution is 5.69. The summed E-state index contributed by atoms with van der Waals surface area (Å²) in [6.45, 7) is 18.1. The zero-order valence-corrected chi connectivity index (χ0v) is 19.1. The van der Waals surface area contributed by atoms with Gasteiger partial charge < -0.3 is 5.11 Å². The van der Waals surface area contributed by atoms with Gasteiger partial charge in [0.15, 0.2) is 0 Å². The van der Waals surface area contributed by atoms with Crippen molar-refractivity contribution in [2.24, 2.45) is 0 Å². The Morgan fingerprint density at radius 2 is 1.17 bits per heavy atom. The van der Waals surface area contributed by atoms with E-state index in [2.05, 4.69) is 75.8 Å². The van der Waals surface area contributed by atoms with Crippen LogP contribution in [0.25, 0.3) is 0 Å². The first-order valence-electron chi connectivity index (χ1n) is 10.6. The first-order valence-corrected chi connectivity index (χ1v) is 10.6. The molecule has 0 amide bonds. The number of aliphatic carboxylic acids is 1. The van der Waals surface area contributed by atoms with E-state index >= 15 is 0 Å². The molecule has 29 heavy (non-hydrogen) atoms. The maximum absolute atomic E-state index is 11.7. The predicted octanol–water partition coefficient (Wildman–Crippen LogP) is 4.71. The van der Waals surface area contributed by atoms with Crippen molar-refractivity contribution in [2.45, 2.75) is 92.2 Å². The first-order chi connectivity index (χ1) is 13.5. The van der Waals surface area contributed by atoms with Crippen LogP contribution >= 0.6 is 0 Å². The molecule has 0 aliphatic heterocycles. The molecule has 2 rings (SSSR count). The lowest BCUT2D eigenvalue weighted by Gasteiger charge is -2.24. The van der Waals surface area contributed by atoms with Crippen LogP contribution in [0, 0.1) is 0 Å². The Labute approximate surface area is 174 Å². The summed E-state index contributed by atoms with van der Waals surface area (Å²) in [5.74, 6) is 0.302. The van der Waals surface area contributed by atoms with E-state index in [-0.39, 0.29) is 18.4 Å². The minimum Gasteiger partial charge on any atom is -0.480 e. The van der Waals surface area contributed by atoms with Gasteiger partial charge in [-0.1, -0.05) is 55.4 Å². The number of hydrogen-bond acceptors (Lipinski definition) is 4. The minimum atomic E-state index is -0.827. The van der Waals surface area contributed by atoms with Crippen LogP contribution in [-0.2, 0) is 17.9 Å². The van der Waals surface area contributed by atoms with Crippen molar-refractivity contribution in [2.75, 3.05) is 6.54 Å². The van der Waals surface area contributed by atoms with E-state index in [0.717, 1.165) is 33.9 Å². The Hall–Kier alpha value is -2.15. The van der Waals surface area contributed by atoms with E-state index in [1.165, 1.54) is 0 Å². The van der Waals surface area contributed by atoms with Crippen LogP contribution in [0.2, 0.25) is 0 Å². The van der Waals surface area contributed by atoms with Crippen molar-refractivity contribution in [1.82, 2.24) is 25.3 Å². The summed E-state index contributed by atoms with van der Waals surface area (Å²) in [7, 11) is 0. The van der Waals surface area contributed by atoms with E-state index < -0.39 is 5.97 Å². The molecule has 0 spiro atoms. The Morgan fingerprint density at radius 3 is 1.45 bits per heavy atom. The molecule has 0 saturated heterocycles. The van der Waals surface area contributed by atoms with E-state index in [1.807, 2.05) is 4.90 Å². The summed E-state index contributed by atoms with van der Waals surface area (Å²) in [5, 5.41) is 25.0. The summed E-state index contributed by atoms with van der Waals surface area (Å²) < 4.78 is 0. The first kappa shape index (κ1) is 23.1. The number of carboxylic acids is 1. The molecule has 0 fully saturated rings. The molecule has 0 atom stereocenters. The molecular formula is C22H37N5O2. The zero-order chi connectivity index (χ0) is 21.9. The van der Waals surface area contributed by atoms with Crippen molar-refractivity contribution in [3.63, 3.8) is 0 Å². The molecule has 7 heteroatoms. The highest BCUT2D eigenvalue weighted by Crippen LogP contribution is 2.30. The van der Waals surface area contributed by atoms with Gasteiger partial charge in [-0.15, -0.1) is 0 Å². The third kappa shape index (κ3) is 5.47. The fraction of sp³-hybridized carbons (Fsp3) is 0.682. The van der Waals surface area contributed by atoms with Gasteiger partial charge in [0, 0.05) is 35.6 Å². The SMILES string of the molecule is CC(C)c1n[nH]c(C(C)C)c1CN(CC(=O)O)Cc1c(C(C)C)n[nH]c1C(C)C. The fourth-order valence-electron chi connectivity index (χ4n) is 3.84. The van der Waals surface area contributed by atoms with Gasteiger partial charge in [0.05, 0.1) is 17.9 Å². The summed E-state index contributed by atoms with van der Waals surface area (Å²) >= 11 is 0. The number of hydrogen-bond donors (Lipinski definition) is 3. The molecule has 0 aliphatic carbocycles. The Balaban J connectivity index is 2.44. The lowest BCUT2D eigenvalue weighted by molar-refractivity contribution is -0.138. The van der Waals surface area contributed by atoms with Crippen molar-refractivity contribution < 1.29 is 9.90 Å². The number of carbonyl (C=O) groups is 1. The lowest BCUT2D eigenvalue weighted by atomic mass is 9.96. The van der Waals surface area contributed by atoms with Gasteiger partial charge in [-0.25, -0.2) is 0 Å². The molecule has 0 unspecified atom stereocenters. The number of aromatic nitrogens is 4. The van der Waals surface area contributed by atoms with Gasteiger partial charge in [-0.2, -0.15) is 10.2 Å². The normalized spacial score (nSPS) is 12.3. The van der Waals surface area contributed by atoms with E-state index in [9.17, 15) is 9.90 Å². The standard InChI is InChI=1S/C22H37N5O2/c1-12(2)19-16(20(13(3)4)24-23-19)9-27(11-18(28)29)10-17-21(14(5)6)25-26-22(17)15(7)8/h12-15H,9-11H2,1-8H3,(H,23,24)(H,25,26)(H,28,29). The monoisotopic (exact) mass is 403 g/mol. The third-order valence-corrected chi connectivity index (χ3v) is 5.23. The molecule has 0 aliphatic rings. The molecule has 0 saturated carbocycles. The van der Waals surface area contributed by atoms with Crippen LogP contribution in [0.4, 0.5) is 0 Å². The molecular weight excluding hydrogens is 366 g/mol. The quantitative estimate of drug-likeness (QED) is 0.533. The maximum atomic E-state index is 11.7. The second-order valence-electron chi connectivity index (χ2n) is 9.16. The number of nitrogens with one attached hydrogen (secondary N) is 2. The number of H-pyrrole nitrogens is 2. The molecule has 2 heterocycles. The molecule has 0 aromatic carbocycles. The van der Waals surface area contributed by atoms with Crippen molar-refractivity contribution in [3.8, 4) is 0 Å². The van der Waals surface area contributed by atoms with Gasteiger partial charge in [0.2, 0.25) is 0 Å². The second-order valence-corrected chi connectivity index (χ2v) is 9.16. The summed E-state index contributed by atoms with van der Waals surface area (Å²) in [4.78, 5) is 13.6. The molecule has 2 aromatic rings. The molecule has 0 bridgehead atoms. The predicted molar refractivity (Wildman–Crippen MR) is 115 cm³/mol. The third-order valence-electron chi connectivity index (χ3n) is 5.23. The molecule has 7 nitrogen and oxygen atoms in total. The summed E-state index contributed by atoms with van der Waals surface area (Å²) in [6, 6.07) is 0. The number of aromatic amines is 2. The number of nitrogens with zero attached hydrogens (tertiary/aromatic N) is 3. The van der Waals surface area contributed by atoms with E-state index in [0.29, 0.717) is 24.9 Å². The maximum Gasteiger partial charge on any atom is 0.317 e. The zero-order valence-electron chi connectivity index (χ0n) is 19.1. The fourth-order valence-corrected chi connectivity index (χ4v) is 3.84. The summed E-state index contributed by atoms with van der Waals surface area (Å²) in [6.07, 6.45) is 0. The van der Waals surface area contributed by atoms with Crippen LogP contribution < -0.4 is 0 Å². The highest BCUT2D eigenvalue weighted by atomic mass is 16.4. The van der Waals surface area contributed by atoms with E-state index in [4.69, 9.17) is 0 Å². The van der Waals surface area contributed by atoms with Crippen molar-refractivity contribution in [1.29, 1.82) is 0 Å². The molecule has 2 aromatic heterocycles. The van der Waals surface area contributed by atoms with Crippen molar-refractivity contribution >= 4 is 5.97 Å². The average molecular weight is 404 g/mol. The smallest absolute Gasteiger partial charge is 0.317 e. The molecule has 3 N–H and O–H groups in total. The van der Waals surface area contributed by atoms with Crippen LogP contribution in [0.5, 0.6) is 0 Å². The molecule has 162 valence electrons. The van der Waals surface area contributed by atoms with Gasteiger partial charge >= 0.3 is 5.97 Å². The van der Waals surface area contributed by atoms with Gasteiger partial charge in [-0.05, 0) is 23.7 Å². The minimum absolute atomic E-state index is 0.0273. The number of carboxylic acid groups (broad SMARTS) is 1. The topological polar surface area (TPSA) is 97.9 Å². The van der Waals surface area contributed by atoms with Crippen LogP contribution in [0.3, 0.4) is 0 Å². The largest absolute Gasteiger partial charge is 0.480 e. The van der Waals surface area contributed by atoms with Crippen LogP contribution in [0.1, 0.15) is 113 Å². The highest BCUT2D eigenvalue weighted by Gasteiger charge is 2.25. The van der Waals surface area contributed by atoms with Gasteiger partial charge in [-0.3, -0.25) is 19.9 Å². The van der Waals surface area contributed by atoms with E-state index in [1.54, 1.807) is 0 Å². The van der Waals surface area contributed by atoms with Crippen molar-refractivity contribution in [3.05, 3.63) is 33.9 Å². The Bertz CT molecular complexity index is 706. The Morgan fingerprint density at radius 1 is 0.793 bits per heavy atom. The summed E-state index contributed by atoms with van der Waals surface area (Å²) in [5.41, 5.74) is 6.46. The van der Waals surface area contributed by atoms with Gasteiger partial charge in [0.25, 0.3) is 0 Å². The molecule has 0 radical (unpaired) electrons. The van der Waals surface area contributed by atoms with Crippen LogP contribution in [0.15, 0.2) is 0 Å². The Kier molecular flexibility index (Phi) is 7.63. The lowest BCUT2D eigenvalue weighted by Crippen LogP contribution is -2.30. The van der Waals surface area contributed by atoms with Crippen LogP contribution in [-0.4, -0.2) is 42.9 Å².